The molecule has 1 aromatic carbocycles. The lowest BCUT2D eigenvalue weighted by atomic mass is 10.0. The minimum absolute atomic E-state index is 0.831. The maximum atomic E-state index is 5.84. The highest BCUT2D eigenvalue weighted by Gasteiger charge is 2.17. The predicted molar refractivity (Wildman–Crippen MR) is 126 cm³/mol. The summed E-state index contributed by atoms with van der Waals surface area (Å²) in [5.41, 5.74) is 3.62. The molecule has 0 spiro atoms. The van der Waals surface area contributed by atoms with E-state index >= 15 is 0 Å². The Bertz CT molecular complexity index is 737. The fraction of sp³-hybridized carbons (Fsp3) is 0.522. The van der Waals surface area contributed by atoms with Crippen LogP contribution in [-0.4, -0.2) is 41.1 Å². The summed E-state index contributed by atoms with van der Waals surface area (Å²) < 4.78 is 0. The van der Waals surface area contributed by atoms with Crippen LogP contribution in [0.1, 0.15) is 42.2 Å². The first-order valence-corrected chi connectivity index (χ1v) is 11.7. The maximum Gasteiger partial charge on any atom is 0.173 e. The first kappa shape index (κ1) is 21.3. The molecule has 1 aliphatic rings. The second-order valence-corrected chi connectivity index (χ2v) is 9.52. The molecule has 152 valence electrons. The SMILES string of the molecule is Cc1cccc(C)c1NC(=S)N(CCCN1CCCC(C)C1)Cc1cccs1. The van der Waals surface area contributed by atoms with Crippen LogP contribution in [0.3, 0.4) is 0 Å². The Balaban J connectivity index is 1.61. The van der Waals surface area contributed by atoms with E-state index in [0.29, 0.717) is 0 Å². The Morgan fingerprint density at radius 3 is 2.71 bits per heavy atom. The zero-order valence-corrected chi connectivity index (χ0v) is 19.0. The number of likely N-dealkylation sites (tertiary alicyclic amines) is 1. The van der Waals surface area contributed by atoms with E-state index in [2.05, 4.69) is 71.6 Å². The van der Waals surface area contributed by atoms with Crippen LogP contribution in [0.4, 0.5) is 5.69 Å². The number of hydrogen-bond acceptors (Lipinski definition) is 3. The number of rotatable bonds is 7. The van der Waals surface area contributed by atoms with Crippen molar-refractivity contribution in [2.75, 3.05) is 31.5 Å². The first-order valence-electron chi connectivity index (χ1n) is 10.4. The molecule has 0 radical (unpaired) electrons. The molecule has 5 heteroatoms. The Morgan fingerprint density at radius 1 is 1.25 bits per heavy atom. The lowest BCUT2D eigenvalue weighted by Gasteiger charge is -2.32. The van der Waals surface area contributed by atoms with Crippen molar-refractivity contribution >= 4 is 34.4 Å². The standard InChI is InChI=1S/C23H33N3S2/c1-18-8-5-12-25(16-18)13-7-14-26(17-21-11-6-15-28-21)23(27)24-22-19(2)9-4-10-20(22)3/h4,6,9-11,15,18H,5,7-8,12-14,16-17H2,1-3H3,(H,24,27). The van der Waals surface area contributed by atoms with Gasteiger partial charge in [-0.25, -0.2) is 0 Å². The topological polar surface area (TPSA) is 18.5 Å². The van der Waals surface area contributed by atoms with Gasteiger partial charge in [0.2, 0.25) is 0 Å². The molecule has 3 nitrogen and oxygen atoms in total. The van der Waals surface area contributed by atoms with Crippen molar-refractivity contribution in [3.63, 3.8) is 0 Å². The van der Waals surface area contributed by atoms with Crippen LogP contribution in [0.5, 0.6) is 0 Å². The molecular weight excluding hydrogens is 382 g/mol. The third-order valence-electron chi connectivity index (χ3n) is 5.57. The highest BCUT2D eigenvalue weighted by Crippen LogP contribution is 2.21. The van der Waals surface area contributed by atoms with E-state index in [1.807, 2.05) is 0 Å². The summed E-state index contributed by atoms with van der Waals surface area (Å²) in [6.45, 7) is 12.2. The maximum absolute atomic E-state index is 5.84. The number of thiocarbonyl (C=S) groups is 1. The van der Waals surface area contributed by atoms with Crippen LogP contribution < -0.4 is 5.32 Å². The smallest absolute Gasteiger partial charge is 0.173 e. The van der Waals surface area contributed by atoms with Gasteiger partial charge < -0.3 is 15.1 Å². The van der Waals surface area contributed by atoms with Gasteiger partial charge in [0.05, 0.1) is 6.54 Å². The van der Waals surface area contributed by atoms with Gasteiger partial charge in [-0.15, -0.1) is 11.3 Å². The Morgan fingerprint density at radius 2 is 2.04 bits per heavy atom. The lowest BCUT2D eigenvalue weighted by Crippen LogP contribution is -2.39. The zero-order valence-electron chi connectivity index (χ0n) is 17.4. The molecule has 1 saturated heterocycles. The fourth-order valence-corrected chi connectivity index (χ4v) is 4.99. The molecule has 0 amide bonds. The minimum atomic E-state index is 0.831. The summed E-state index contributed by atoms with van der Waals surface area (Å²) in [4.78, 5) is 6.32. The second-order valence-electron chi connectivity index (χ2n) is 8.10. The average Bonchev–Trinajstić information content (AvgIpc) is 3.17. The monoisotopic (exact) mass is 415 g/mol. The molecule has 0 aliphatic carbocycles. The molecule has 0 saturated carbocycles. The van der Waals surface area contributed by atoms with Crippen LogP contribution in [0.2, 0.25) is 0 Å². The fourth-order valence-electron chi connectivity index (χ4n) is 4.02. The van der Waals surface area contributed by atoms with Crippen molar-refractivity contribution in [3.8, 4) is 0 Å². The second kappa shape index (κ2) is 10.4. The number of para-hydroxylation sites is 1. The van der Waals surface area contributed by atoms with E-state index in [1.54, 1.807) is 11.3 Å². The molecular formula is C23H33N3S2. The quantitative estimate of drug-likeness (QED) is 0.586. The van der Waals surface area contributed by atoms with Gasteiger partial charge in [0.1, 0.15) is 0 Å². The van der Waals surface area contributed by atoms with E-state index < -0.39 is 0 Å². The third-order valence-corrected chi connectivity index (χ3v) is 6.79. The van der Waals surface area contributed by atoms with E-state index in [4.69, 9.17) is 12.2 Å². The highest BCUT2D eigenvalue weighted by molar-refractivity contribution is 7.80. The van der Waals surface area contributed by atoms with Crippen LogP contribution in [-0.2, 0) is 6.54 Å². The molecule has 1 aliphatic heterocycles. The Labute approximate surface area is 179 Å². The van der Waals surface area contributed by atoms with E-state index in [1.165, 1.54) is 41.9 Å². The van der Waals surface area contributed by atoms with Crippen molar-refractivity contribution in [2.45, 2.75) is 46.6 Å². The number of aryl methyl sites for hydroxylation is 2. The number of nitrogens with zero attached hydrogens (tertiary/aromatic N) is 2. The van der Waals surface area contributed by atoms with E-state index in [-0.39, 0.29) is 0 Å². The predicted octanol–water partition coefficient (Wildman–Crippen LogP) is 5.69. The first-order chi connectivity index (χ1) is 13.5. The van der Waals surface area contributed by atoms with E-state index in [9.17, 15) is 0 Å². The van der Waals surface area contributed by atoms with Gasteiger partial charge in [-0.05, 0) is 86.9 Å². The van der Waals surface area contributed by atoms with Gasteiger partial charge in [-0.3, -0.25) is 0 Å². The molecule has 28 heavy (non-hydrogen) atoms. The van der Waals surface area contributed by atoms with Crippen molar-refractivity contribution in [1.29, 1.82) is 0 Å². The molecule has 1 atom stereocenters. The Hall–Kier alpha value is -1.43. The number of benzene rings is 1. The number of piperidine rings is 1. The normalized spacial score (nSPS) is 17.5. The number of nitrogens with one attached hydrogen (secondary N) is 1. The largest absolute Gasteiger partial charge is 0.344 e. The Kier molecular flexibility index (Phi) is 7.89. The molecule has 1 aromatic heterocycles. The number of thiophene rings is 1. The van der Waals surface area contributed by atoms with Gasteiger partial charge in [0.25, 0.3) is 0 Å². The average molecular weight is 416 g/mol. The highest BCUT2D eigenvalue weighted by atomic mass is 32.1. The summed E-state index contributed by atoms with van der Waals surface area (Å²) in [6, 6.07) is 10.7. The van der Waals surface area contributed by atoms with Crippen molar-refractivity contribution in [1.82, 2.24) is 9.80 Å². The van der Waals surface area contributed by atoms with Gasteiger partial charge in [-0.1, -0.05) is 31.2 Å². The van der Waals surface area contributed by atoms with Crippen LogP contribution in [0.15, 0.2) is 35.7 Å². The van der Waals surface area contributed by atoms with Crippen molar-refractivity contribution in [2.24, 2.45) is 5.92 Å². The molecule has 2 heterocycles. The van der Waals surface area contributed by atoms with Gasteiger partial charge in [0.15, 0.2) is 5.11 Å². The number of hydrogen-bond donors (Lipinski definition) is 1. The van der Waals surface area contributed by atoms with Crippen LogP contribution in [0, 0.1) is 19.8 Å². The molecule has 2 aromatic rings. The van der Waals surface area contributed by atoms with Crippen LogP contribution >= 0.6 is 23.6 Å². The molecule has 1 N–H and O–H groups in total. The van der Waals surface area contributed by atoms with Gasteiger partial charge >= 0.3 is 0 Å². The summed E-state index contributed by atoms with van der Waals surface area (Å²) in [6.07, 6.45) is 3.87. The molecule has 0 bridgehead atoms. The summed E-state index contributed by atoms with van der Waals surface area (Å²) in [5.74, 6) is 0.836. The van der Waals surface area contributed by atoms with Gasteiger partial charge in [-0.2, -0.15) is 0 Å². The number of anilines is 1. The molecule has 1 fully saturated rings. The zero-order chi connectivity index (χ0) is 19.9. The summed E-state index contributed by atoms with van der Waals surface area (Å²) >= 11 is 7.65. The van der Waals surface area contributed by atoms with Crippen LogP contribution in [0.25, 0.3) is 0 Å². The third kappa shape index (κ3) is 6.03. The molecule has 1 unspecified atom stereocenters. The molecule has 3 rings (SSSR count). The lowest BCUT2D eigenvalue weighted by molar-refractivity contribution is 0.177. The van der Waals surface area contributed by atoms with Crippen molar-refractivity contribution in [3.05, 3.63) is 51.7 Å². The minimum Gasteiger partial charge on any atom is -0.344 e. The van der Waals surface area contributed by atoms with Gasteiger partial charge in [0, 0.05) is 23.7 Å². The van der Waals surface area contributed by atoms with E-state index in [0.717, 1.165) is 42.8 Å². The summed E-state index contributed by atoms with van der Waals surface area (Å²) in [5, 5.41) is 6.51. The van der Waals surface area contributed by atoms with Crippen molar-refractivity contribution < 1.29 is 0 Å². The summed E-state index contributed by atoms with van der Waals surface area (Å²) in [7, 11) is 0.